The third kappa shape index (κ3) is 5.03. The molecule has 0 saturated heterocycles. The minimum Gasteiger partial charge on any atom is -0.386 e. The van der Waals surface area contributed by atoms with Gasteiger partial charge in [-0.2, -0.15) is 5.10 Å². The van der Waals surface area contributed by atoms with Gasteiger partial charge in [-0.3, -0.25) is 4.68 Å². The Labute approximate surface area is 152 Å². The molecule has 142 valence electrons. The van der Waals surface area contributed by atoms with Crippen molar-refractivity contribution < 1.29 is 19.0 Å². The second-order valence-electron chi connectivity index (χ2n) is 5.97. The topological polar surface area (TPSA) is 88.4 Å². The minimum absolute atomic E-state index is 0.0855. The molecule has 7 nitrogen and oxygen atoms in total. The Hall–Kier alpha value is -2.45. The number of urea groups is 1. The number of halogens is 1. The van der Waals surface area contributed by atoms with Gasteiger partial charge in [-0.15, -0.1) is 0 Å². The van der Waals surface area contributed by atoms with Crippen LogP contribution in [0.4, 0.5) is 9.18 Å². The zero-order valence-corrected chi connectivity index (χ0v) is 15.3. The van der Waals surface area contributed by atoms with Crippen LogP contribution in [0.15, 0.2) is 24.3 Å². The summed E-state index contributed by atoms with van der Waals surface area (Å²) in [5.41, 5.74) is 2.89. The number of aromatic nitrogens is 2. The molecule has 0 fully saturated rings. The van der Waals surface area contributed by atoms with Crippen molar-refractivity contribution in [2.45, 2.75) is 33.0 Å². The lowest BCUT2D eigenvalue weighted by atomic mass is 10.1. The summed E-state index contributed by atoms with van der Waals surface area (Å²) in [6.07, 6.45) is -1.11. The van der Waals surface area contributed by atoms with E-state index < -0.39 is 18.0 Å². The molecule has 3 N–H and O–H groups in total. The van der Waals surface area contributed by atoms with Crippen molar-refractivity contribution in [2.75, 3.05) is 20.3 Å². The van der Waals surface area contributed by atoms with E-state index in [1.54, 1.807) is 19.2 Å². The molecule has 0 radical (unpaired) electrons. The number of aliphatic hydroxyl groups excluding tert-OH is 1. The smallest absolute Gasteiger partial charge is 0.315 e. The van der Waals surface area contributed by atoms with Gasteiger partial charge < -0.3 is 20.5 Å². The predicted octanol–water partition coefficient (Wildman–Crippen LogP) is 1.82. The van der Waals surface area contributed by atoms with Gasteiger partial charge in [-0.05, 0) is 19.9 Å². The monoisotopic (exact) mass is 364 g/mol. The van der Waals surface area contributed by atoms with Gasteiger partial charge in [0.2, 0.25) is 0 Å². The van der Waals surface area contributed by atoms with E-state index in [0.717, 1.165) is 17.0 Å². The highest BCUT2D eigenvalue weighted by Crippen LogP contribution is 2.16. The maximum atomic E-state index is 13.6. The number of carbonyl (C=O) groups is 1. The van der Waals surface area contributed by atoms with Crippen LogP contribution < -0.4 is 10.6 Å². The molecule has 2 aromatic rings. The molecule has 2 amide bonds. The largest absolute Gasteiger partial charge is 0.386 e. The normalized spacial score (nSPS) is 12.0. The van der Waals surface area contributed by atoms with E-state index in [1.807, 2.05) is 18.5 Å². The molecular formula is C18H25FN4O3. The number of nitrogens with zero attached hydrogens (tertiary/aromatic N) is 2. The number of hydrogen-bond acceptors (Lipinski definition) is 4. The fraction of sp³-hybridized carbons (Fsp3) is 0.444. The fourth-order valence-corrected chi connectivity index (χ4v) is 2.66. The molecular weight excluding hydrogens is 339 g/mol. The Bertz CT molecular complexity index is 748. The lowest BCUT2D eigenvalue weighted by molar-refractivity contribution is 0.169. The van der Waals surface area contributed by atoms with Crippen molar-refractivity contribution in [3.8, 4) is 0 Å². The minimum atomic E-state index is -1.11. The van der Waals surface area contributed by atoms with Crippen LogP contribution in [0.2, 0.25) is 0 Å². The van der Waals surface area contributed by atoms with Crippen LogP contribution >= 0.6 is 0 Å². The molecule has 0 spiro atoms. The number of rotatable bonds is 8. The standard InChI is InChI=1S/C18H25FN4O3/c1-12-15(13(2)23(22-12)8-9-26-3)10-20-18(25)21-11-17(24)14-6-4-5-7-16(14)19/h4-7,17,24H,8-11H2,1-3H3,(H2,20,21,25). The summed E-state index contributed by atoms with van der Waals surface area (Å²) in [7, 11) is 1.63. The fourth-order valence-electron chi connectivity index (χ4n) is 2.66. The van der Waals surface area contributed by atoms with Crippen molar-refractivity contribution in [3.05, 3.63) is 52.6 Å². The van der Waals surface area contributed by atoms with Gasteiger partial charge in [-0.1, -0.05) is 18.2 Å². The molecule has 0 aliphatic rings. The first-order chi connectivity index (χ1) is 12.4. The van der Waals surface area contributed by atoms with Gasteiger partial charge in [0.05, 0.1) is 24.9 Å². The average molecular weight is 364 g/mol. The highest BCUT2D eigenvalue weighted by Gasteiger charge is 2.15. The zero-order valence-electron chi connectivity index (χ0n) is 15.3. The second-order valence-corrected chi connectivity index (χ2v) is 5.97. The second kappa shape index (κ2) is 9.30. The Balaban J connectivity index is 1.85. The van der Waals surface area contributed by atoms with E-state index in [0.29, 0.717) is 19.7 Å². The van der Waals surface area contributed by atoms with Gasteiger partial charge in [0, 0.05) is 37.0 Å². The molecule has 1 heterocycles. The van der Waals surface area contributed by atoms with Crippen molar-refractivity contribution in [1.82, 2.24) is 20.4 Å². The molecule has 0 saturated carbocycles. The van der Waals surface area contributed by atoms with Crippen LogP contribution in [-0.4, -0.2) is 41.2 Å². The number of aliphatic hydroxyl groups is 1. The number of ether oxygens (including phenoxy) is 1. The maximum absolute atomic E-state index is 13.6. The Morgan fingerprint density at radius 1 is 1.35 bits per heavy atom. The van der Waals surface area contributed by atoms with Crippen molar-refractivity contribution in [1.29, 1.82) is 0 Å². The molecule has 0 aliphatic carbocycles. The Morgan fingerprint density at radius 2 is 2.08 bits per heavy atom. The molecule has 1 aromatic heterocycles. The third-order valence-electron chi connectivity index (χ3n) is 4.18. The van der Waals surface area contributed by atoms with Crippen molar-refractivity contribution >= 4 is 6.03 Å². The lowest BCUT2D eigenvalue weighted by Gasteiger charge is -2.13. The number of nitrogens with one attached hydrogen (secondary N) is 2. The van der Waals surface area contributed by atoms with E-state index in [2.05, 4.69) is 15.7 Å². The van der Waals surface area contributed by atoms with Crippen LogP contribution in [0.3, 0.4) is 0 Å². The lowest BCUT2D eigenvalue weighted by Crippen LogP contribution is -2.37. The Morgan fingerprint density at radius 3 is 2.77 bits per heavy atom. The summed E-state index contributed by atoms with van der Waals surface area (Å²) in [4.78, 5) is 12.0. The summed E-state index contributed by atoms with van der Waals surface area (Å²) >= 11 is 0. The number of methoxy groups -OCH3 is 1. The van der Waals surface area contributed by atoms with Crippen molar-refractivity contribution in [2.24, 2.45) is 0 Å². The van der Waals surface area contributed by atoms with E-state index in [1.165, 1.54) is 12.1 Å². The predicted molar refractivity (Wildman–Crippen MR) is 95.2 cm³/mol. The molecule has 1 aromatic carbocycles. The van der Waals surface area contributed by atoms with Crippen LogP contribution in [0.1, 0.15) is 28.6 Å². The summed E-state index contributed by atoms with van der Waals surface area (Å²) < 4.78 is 20.5. The summed E-state index contributed by atoms with van der Waals surface area (Å²) in [6, 6.07) is 5.49. The summed E-state index contributed by atoms with van der Waals surface area (Å²) in [5, 5.41) is 19.7. The maximum Gasteiger partial charge on any atom is 0.315 e. The van der Waals surface area contributed by atoms with E-state index >= 15 is 0 Å². The first-order valence-corrected chi connectivity index (χ1v) is 8.40. The molecule has 1 atom stereocenters. The SMILES string of the molecule is COCCn1nc(C)c(CNC(=O)NCC(O)c2ccccc2F)c1C. The molecule has 8 heteroatoms. The number of benzene rings is 1. The molecule has 0 bridgehead atoms. The first kappa shape index (κ1) is 19.9. The summed E-state index contributed by atoms with van der Waals surface area (Å²) in [5.74, 6) is -0.503. The van der Waals surface area contributed by atoms with E-state index in [4.69, 9.17) is 4.74 Å². The molecule has 2 rings (SSSR count). The highest BCUT2D eigenvalue weighted by molar-refractivity contribution is 5.73. The quantitative estimate of drug-likeness (QED) is 0.667. The van der Waals surface area contributed by atoms with Gasteiger partial charge >= 0.3 is 6.03 Å². The first-order valence-electron chi connectivity index (χ1n) is 8.40. The van der Waals surface area contributed by atoms with Crippen molar-refractivity contribution in [3.63, 3.8) is 0 Å². The van der Waals surface area contributed by atoms with Gasteiger partial charge in [0.25, 0.3) is 0 Å². The highest BCUT2D eigenvalue weighted by atomic mass is 19.1. The average Bonchev–Trinajstić information content (AvgIpc) is 2.89. The number of hydrogen-bond donors (Lipinski definition) is 3. The number of carbonyl (C=O) groups excluding carboxylic acids is 1. The molecule has 26 heavy (non-hydrogen) atoms. The van der Waals surface area contributed by atoms with Gasteiger partial charge in [0.15, 0.2) is 0 Å². The van der Waals surface area contributed by atoms with E-state index in [9.17, 15) is 14.3 Å². The van der Waals surface area contributed by atoms with Crippen LogP contribution in [0, 0.1) is 19.7 Å². The Kier molecular flexibility index (Phi) is 7.11. The molecule has 0 aliphatic heterocycles. The summed E-state index contributed by atoms with van der Waals surface area (Å²) in [6.45, 7) is 5.25. The van der Waals surface area contributed by atoms with Crippen LogP contribution in [0.5, 0.6) is 0 Å². The third-order valence-corrected chi connectivity index (χ3v) is 4.18. The number of amides is 2. The van der Waals surface area contributed by atoms with Gasteiger partial charge in [0.1, 0.15) is 5.82 Å². The van der Waals surface area contributed by atoms with Crippen LogP contribution in [-0.2, 0) is 17.8 Å². The van der Waals surface area contributed by atoms with Crippen LogP contribution in [0.25, 0.3) is 0 Å². The van der Waals surface area contributed by atoms with Gasteiger partial charge in [-0.25, -0.2) is 9.18 Å². The zero-order chi connectivity index (χ0) is 19.1. The molecule has 1 unspecified atom stereocenters. The number of aryl methyl sites for hydroxylation is 1. The van der Waals surface area contributed by atoms with E-state index in [-0.39, 0.29) is 12.1 Å².